The Morgan fingerprint density at radius 3 is 2.88 bits per heavy atom. The molecule has 0 unspecified atom stereocenters. The van der Waals surface area contributed by atoms with Crippen LogP contribution in [0.5, 0.6) is 5.75 Å². The smallest absolute Gasteiger partial charge is 0.453 e. The van der Waals surface area contributed by atoms with Crippen LogP contribution in [0.15, 0.2) is 24.3 Å². The van der Waals surface area contributed by atoms with Crippen LogP contribution >= 0.6 is 11.3 Å². The first kappa shape index (κ1) is 17.1. The second-order valence-corrected chi connectivity index (χ2v) is 5.99. The molecule has 0 aliphatic carbocycles. The Morgan fingerprint density at radius 1 is 1.36 bits per heavy atom. The van der Waals surface area contributed by atoms with Gasteiger partial charge in [-0.25, -0.2) is 0 Å². The molecule has 0 atom stereocenters. The summed E-state index contributed by atoms with van der Waals surface area (Å²) in [7, 11) is 1.50. The highest BCUT2D eigenvalue weighted by Crippen LogP contribution is 2.28. The van der Waals surface area contributed by atoms with Gasteiger partial charge in [-0.3, -0.25) is 4.79 Å². The second kappa shape index (κ2) is 6.67. The van der Waals surface area contributed by atoms with Crippen LogP contribution in [0.1, 0.15) is 21.2 Å². The molecule has 0 bridgehead atoms. The van der Waals surface area contributed by atoms with Crippen LogP contribution in [0.2, 0.25) is 0 Å². The number of alkyl halides is 3. The summed E-state index contributed by atoms with van der Waals surface area (Å²) < 4.78 is 43.9. The Balaban J connectivity index is 1.63. The summed E-state index contributed by atoms with van der Waals surface area (Å²) in [5.74, 6) is -0.913. The van der Waals surface area contributed by atoms with E-state index in [2.05, 4.69) is 20.6 Å². The van der Waals surface area contributed by atoms with Crippen molar-refractivity contribution in [3.05, 3.63) is 40.7 Å². The van der Waals surface area contributed by atoms with Crippen LogP contribution in [0, 0.1) is 0 Å². The Hall–Kier alpha value is -2.69. The van der Waals surface area contributed by atoms with Gasteiger partial charge in [-0.05, 0) is 18.2 Å². The van der Waals surface area contributed by atoms with E-state index >= 15 is 0 Å². The second-order valence-electron chi connectivity index (χ2n) is 4.95. The third-order valence-corrected chi connectivity index (χ3v) is 4.20. The van der Waals surface area contributed by atoms with Gasteiger partial charge >= 0.3 is 6.18 Å². The number of nitrogens with one attached hydrogen (secondary N) is 1. The van der Waals surface area contributed by atoms with E-state index in [9.17, 15) is 18.0 Å². The summed E-state index contributed by atoms with van der Waals surface area (Å²) in [6, 6.07) is 6.63. The SMILES string of the molecule is COc1cccc(C(=O)NCCc2nn3c(C(F)(F)F)nnc3s2)c1. The van der Waals surface area contributed by atoms with E-state index in [1.54, 1.807) is 24.3 Å². The lowest BCUT2D eigenvalue weighted by Crippen LogP contribution is -2.25. The van der Waals surface area contributed by atoms with Crippen LogP contribution < -0.4 is 10.1 Å². The molecule has 0 saturated carbocycles. The van der Waals surface area contributed by atoms with E-state index in [0.29, 0.717) is 20.8 Å². The molecular weight excluding hydrogens is 359 g/mol. The van der Waals surface area contributed by atoms with E-state index in [1.807, 2.05) is 0 Å². The lowest BCUT2D eigenvalue weighted by Gasteiger charge is -2.05. The normalized spacial score (nSPS) is 11.7. The van der Waals surface area contributed by atoms with E-state index in [1.165, 1.54) is 7.11 Å². The highest BCUT2D eigenvalue weighted by molar-refractivity contribution is 7.16. The van der Waals surface area contributed by atoms with E-state index in [0.717, 1.165) is 11.3 Å². The molecule has 7 nitrogen and oxygen atoms in total. The fraction of sp³-hybridized carbons (Fsp3) is 0.286. The number of carbonyl (C=O) groups is 1. The fourth-order valence-corrected chi connectivity index (χ4v) is 2.92. The average molecular weight is 371 g/mol. The summed E-state index contributed by atoms with van der Waals surface area (Å²) in [6.07, 6.45) is -4.34. The van der Waals surface area contributed by atoms with Crippen LogP contribution in [0.3, 0.4) is 0 Å². The first-order valence-electron chi connectivity index (χ1n) is 7.09. The molecule has 11 heteroatoms. The molecule has 132 valence electrons. The number of hydrogen-bond donors (Lipinski definition) is 1. The maximum atomic E-state index is 12.7. The van der Waals surface area contributed by atoms with E-state index in [-0.39, 0.29) is 23.8 Å². The van der Waals surface area contributed by atoms with Gasteiger partial charge in [0.15, 0.2) is 0 Å². The van der Waals surface area contributed by atoms with Gasteiger partial charge in [0.2, 0.25) is 4.96 Å². The lowest BCUT2D eigenvalue weighted by molar-refractivity contribution is -0.146. The van der Waals surface area contributed by atoms with Crippen molar-refractivity contribution in [2.24, 2.45) is 0 Å². The molecule has 0 radical (unpaired) electrons. The monoisotopic (exact) mass is 371 g/mol. The number of carbonyl (C=O) groups excluding carboxylic acids is 1. The van der Waals surface area contributed by atoms with Gasteiger partial charge in [0, 0.05) is 18.5 Å². The quantitative estimate of drug-likeness (QED) is 0.744. The van der Waals surface area contributed by atoms with Crippen molar-refractivity contribution in [1.29, 1.82) is 0 Å². The van der Waals surface area contributed by atoms with Crippen molar-refractivity contribution in [2.45, 2.75) is 12.6 Å². The minimum Gasteiger partial charge on any atom is -0.497 e. The Labute approximate surface area is 143 Å². The largest absolute Gasteiger partial charge is 0.497 e. The highest BCUT2D eigenvalue weighted by Gasteiger charge is 2.38. The maximum absolute atomic E-state index is 12.7. The van der Waals surface area contributed by atoms with Crippen molar-refractivity contribution in [3.63, 3.8) is 0 Å². The molecular formula is C14H12F3N5O2S. The molecule has 2 heterocycles. The lowest BCUT2D eigenvalue weighted by atomic mass is 10.2. The number of benzene rings is 1. The first-order chi connectivity index (χ1) is 11.9. The fourth-order valence-electron chi connectivity index (χ4n) is 2.08. The zero-order valence-electron chi connectivity index (χ0n) is 12.9. The summed E-state index contributed by atoms with van der Waals surface area (Å²) in [5.41, 5.74) is 0.428. The van der Waals surface area contributed by atoms with Crippen molar-refractivity contribution in [3.8, 4) is 5.75 Å². The number of aromatic nitrogens is 4. The standard InChI is InChI=1S/C14H12F3N5O2S/c1-24-9-4-2-3-8(7-9)11(23)18-6-5-10-21-22-12(14(15,16)17)19-20-13(22)25-10/h2-4,7H,5-6H2,1H3,(H,18,23). The summed E-state index contributed by atoms with van der Waals surface area (Å²) in [5, 5.41) is 13.5. The highest BCUT2D eigenvalue weighted by atomic mass is 32.1. The molecule has 3 rings (SSSR count). The molecule has 3 aromatic rings. The number of rotatable bonds is 5. The number of nitrogens with zero attached hydrogens (tertiary/aromatic N) is 4. The Kier molecular flexibility index (Phi) is 4.57. The minimum absolute atomic E-state index is 0.0569. The first-order valence-corrected chi connectivity index (χ1v) is 7.90. The van der Waals surface area contributed by atoms with Gasteiger partial charge in [-0.2, -0.15) is 22.8 Å². The number of ether oxygens (including phenoxy) is 1. The predicted octanol–water partition coefficient (Wildman–Crippen LogP) is 2.19. The maximum Gasteiger partial charge on any atom is 0.453 e. The van der Waals surface area contributed by atoms with E-state index in [4.69, 9.17) is 4.74 Å². The molecule has 1 amide bonds. The van der Waals surface area contributed by atoms with Crippen LogP contribution in [-0.4, -0.2) is 39.4 Å². The molecule has 0 aliphatic rings. The molecule has 0 fully saturated rings. The number of hydrogen-bond acceptors (Lipinski definition) is 6. The molecule has 1 N–H and O–H groups in total. The summed E-state index contributed by atoms with van der Waals surface area (Å²) >= 11 is 0.995. The number of amides is 1. The number of methoxy groups -OCH3 is 1. The van der Waals surface area contributed by atoms with Gasteiger partial charge in [-0.15, -0.1) is 10.2 Å². The average Bonchev–Trinajstić information content (AvgIpc) is 3.14. The molecule has 0 spiro atoms. The summed E-state index contributed by atoms with van der Waals surface area (Å²) in [6.45, 7) is 0.224. The predicted molar refractivity (Wildman–Crippen MR) is 82.7 cm³/mol. The van der Waals surface area contributed by atoms with E-state index < -0.39 is 12.0 Å². The minimum atomic E-state index is -4.62. The Bertz CT molecular complexity index is 905. The zero-order valence-corrected chi connectivity index (χ0v) is 13.7. The molecule has 1 aromatic carbocycles. The topological polar surface area (TPSA) is 81.4 Å². The molecule has 0 saturated heterocycles. The third kappa shape index (κ3) is 3.71. The van der Waals surface area contributed by atoms with Crippen molar-refractivity contribution < 1.29 is 22.7 Å². The van der Waals surface area contributed by atoms with Crippen molar-refractivity contribution in [2.75, 3.05) is 13.7 Å². The van der Waals surface area contributed by atoms with Crippen LogP contribution in [0.4, 0.5) is 13.2 Å². The van der Waals surface area contributed by atoms with Gasteiger partial charge in [-0.1, -0.05) is 17.4 Å². The number of halogens is 3. The van der Waals surface area contributed by atoms with Crippen molar-refractivity contribution in [1.82, 2.24) is 25.1 Å². The van der Waals surface area contributed by atoms with Gasteiger partial charge < -0.3 is 10.1 Å². The van der Waals surface area contributed by atoms with Crippen molar-refractivity contribution >= 4 is 22.2 Å². The van der Waals surface area contributed by atoms with Crippen LogP contribution in [0.25, 0.3) is 4.96 Å². The van der Waals surface area contributed by atoms with Gasteiger partial charge in [0.1, 0.15) is 10.8 Å². The van der Waals surface area contributed by atoms with Gasteiger partial charge in [0.25, 0.3) is 11.7 Å². The van der Waals surface area contributed by atoms with Crippen LogP contribution in [-0.2, 0) is 12.6 Å². The third-order valence-electron chi connectivity index (χ3n) is 3.24. The number of fused-ring (bicyclic) bond motifs is 1. The molecule has 2 aromatic heterocycles. The molecule has 0 aliphatic heterocycles. The Morgan fingerprint density at radius 2 is 2.16 bits per heavy atom. The molecule has 25 heavy (non-hydrogen) atoms. The zero-order chi connectivity index (χ0) is 18.0. The van der Waals surface area contributed by atoms with Gasteiger partial charge in [0.05, 0.1) is 7.11 Å². The summed E-state index contributed by atoms with van der Waals surface area (Å²) in [4.78, 5) is 12.1.